The van der Waals surface area contributed by atoms with Gasteiger partial charge < -0.3 is 45.2 Å². The Labute approximate surface area is 326 Å². The summed E-state index contributed by atoms with van der Waals surface area (Å²) in [6, 6.07) is 18.4. The van der Waals surface area contributed by atoms with Crippen molar-refractivity contribution in [1.82, 2.24) is 40.0 Å². The zero-order chi connectivity index (χ0) is 38.5. The van der Waals surface area contributed by atoms with Gasteiger partial charge in [0.05, 0.1) is 37.4 Å². The molecule has 55 heavy (non-hydrogen) atoms. The van der Waals surface area contributed by atoms with Crippen molar-refractivity contribution in [3.63, 3.8) is 0 Å². The van der Waals surface area contributed by atoms with Crippen molar-refractivity contribution >= 4 is 23.6 Å². The van der Waals surface area contributed by atoms with Gasteiger partial charge in [0.1, 0.15) is 0 Å². The van der Waals surface area contributed by atoms with Crippen LogP contribution in [0.1, 0.15) is 33.6 Å². The molecule has 4 aliphatic rings. The van der Waals surface area contributed by atoms with Gasteiger partial charge in [-0.25, -0.2) is 0 Å². The molecule has 2 aromatic rings. The Morgan fingerprint density at radius 3 is 1.24 bits per heavy atom. The van der Waals surface area contributed by atoms with Crippen LogP contribution < -0.4 is 10.6 Å². The predicted octanol–water partition coefficient (Wildman–Crippen LogP) is -0.265. The van der Waals surface area contributed by atoms with E-state index in [0.29, 0.717) is 37.3 Å². The number of nitrogens with one attached hydrogen (secondary N) is 2. The molecule has 304 valence electrons. The molecule has 0 aromatic heterocycles. The number of carbonyl (C=O) groups excluding carboxylic acids is 4. The summed E-state index contributed by atoms with van der Waals surface area (Å²) in [5.41, 5.74) is 1.31. The number of piperazine rings is 2. The molecule has 4 amide bonds. The summed E-state index contributed by atoms with van der Waals surface area (Å²) >= 11 is 0. The fraction of sp³-hybridized carbons (Fsp3) is 0.600. The normalized spacial score (nSPS) is 24.1. The van der Waals surface area contributed by atoms with Gasteiger partial charge in [0.25, 0.3) is 11.8 Å². The predicted molar refractivity (Wildman–Crippen MR) is 211 cm³/mol. The highest BCUT2D eigenvalue weighted by atomic mass is 16.5. The van der Waals surface area contributed by atoms with Crippen molar-refractivity contribution in [2.75, 3.05) is 120 Å². The van der Waals surface area contributed by atoms with Gasteiger partial charge in [-0.2, -0.15) is 0 Å². The second kappa shape index (κ2) is 22.0. The number of rotatable bonds is 10. The standard InChI is InChI=1S/2C20H30N4O3.H2O/c2*1-22-10-12-24(13-11-22)19(25)15-23-9-8-17(18(14-23)27-2)21-20(26)16-6-4-3-5-7-16;/h2*3-7,17-18H,8-15H2,1-2H3,(H,21,26);1H2. The molecule has 0 radical (unpaired) electrons. The lowest BCUT2D eigenvalue weighted by molar-refractivity contribution is -0.135. The molecule has 6 rings (SSSR count). The molecule has 4 heterocycles. The van der Waals surface area contributed by atoms with Gasteiger partial charge in [0.15, 0.2) is 0 Å². The molecular weight excluding hydrogens is 704 g/mol. The van der Waals surface area contributed by atoms with Crippen molar-refractivity contribution in [2.45, 2.75) is 37.1 Å². The molecule has 15 nitrogen and oxygen atoms in total. The monoisotopic (exact) mass is 766 g/mol. The van der Waals surface area contributed by atoms with E-state index in [2.05, 4.69) is 44.3 Å². The molecule has 0 aliphatic carbocycles. The minimum Gasteiger partial charge on any atom is -0.412 e. The van der Waals surface area contributed by atoms with Crippen molar-refractivity contribution in [2.24, 2.45) is 0 Å². The summed E-state index contributed by atoms with van der Waals surface area (Å²) in [6.07, 6.45) is 1.30. The number of hydrogen-bond acceptors (Lipinski definition) is 10. The van der Waals surface area contributed by atoms with Crippen LogP contribution in [0.4, 0.5) is 0 Å². The summed E-state index contributed by atoms with van der Waals surface area (Å²) in [7, 11) is 7.50. The van der Waals surface area contributed by atoms with E-state index in [-0.39, 0.29) is 53.4 Å². The molecule has 15 heteroatoms. The molecule has 4 unspecified atom stereocenters. The molecule has 0 saturated carbocycles. The van der Waals surface area contributed by atoms with E-state index in [9.17, 15) is 19.2 Å². The summed E-state index contributed by atoms with van der Waals surface area (Å²) in [5.74, 6) is 0.212. The quantitative estimate of drug-likeness (QED) is 0.330. The number of carbonyl (C=O) groups is 4. The first-order valence-corrected chi connectivity index (χ1v) is 19.3. The number of amides is 4. The fourth-order valence-electron chi connectivity index (χ4n) is 7.43. The molecule has 4 atom stereocenters. The lowest BCUT2D eigenvalue weighted by Gasteiger charge is -2.39. The second-order valence-electron chi connectivity index (χ2n) is 14.9. The first kappa shape index (κ1) is 43.8. The van der Waals surface area contributed by atoms with Gasteiger partial charge in [-0.3, -0.25) is 29.0 Å². The SMILES string of the molecule is COC1CN(CC(=O)N2CCN(C)CC2)CCC1NC(=O)c1ccccc1.COC1CN(CC(=O)N2CCN(C)CC2)CCC1NC(=O)c1ccccc1.O. The number of piperidine rings is 2. The summed E-state index contributed by atoms with van der Waals surface area (Å²) < 4.78 is 11.2. The summed E-state index contributed by atoms with van der Waals surface area (Å²) in [4.78, 5) is 62.6. The second-order valence-corrected chi connectivity index (χ2v) is 14.9. The van der Waals surface area contributed by atoms with Crippen LogP contribution in [-0.2, 0) is 19.1 Å². The van der Waals surface area contributed by atoms with E-state index < -0.39 is 0 Å². The van der Waals surface area contributed by atoms with Crippen LogP contribution in [0.25, 0.3) is 0 Å². The highest BCUT2D eigenvalue weighted by Crippen LogP contribution is 2.17. The maximum absolute atomic E-state index is 12.6. The van der Waals surface area contributed by atoms with E-state index in [1.54, 1.807) is 38.5 Å². The number of ether oxygens (including phenoxy) is 2. The Morgan fingerprint density at radius 2 is 0.909 bits per heavy atom. The van der Waals surface area contributed by atoms with Crippen molar-refractivity contribution < 1.29 is 34.1 Å². The zero-order valence-corrected chi connectivity index (χ0v) is 33.0. The van der Waals surface area contributed by atoms with E-state index in [4.69, 9.17) is 9.47 Å². The molecule has 4 aliphatic heterocycles. The van der Waals surface area contributed by atoms with Gasteiger partial charge >= 0.3 is 0 Å². The molecule has 2 aromatic carbocycles. The third kappa shape index (κ3) is 13.1. The minimum atomic E-state index is -0.119. The number of nitrogens with zero attached hydrogens (tertiary/aromatic N) is 6. The van der Waals surface area contributed by atoms with Gasteiger partial charge in [0, 0.05) is 104 Å². The molecule has 0 bridgehead atoms. The van der Waals surface area contributed by atoms with E-state index in [1.807, 2.05) is 46.2 Å². The maximum Gasteiger partial charge on any atom is 0.251 e. The molecular formula is C40H62N8O7. The fourth-order valence-corrected chi connectivity index (χ4v) is 7.43. The maximum atomic E-state index is 12.6. The first-order chi connectivity index (χ1) is 26.1. The van der Waals surface area contributed by atoms with Crippen molar-refractivity contribution in [1.29, 1.82) is 0 Å². The van der Waals surface area contributed by atoms with Crippen LogP contribution in [0.5, 0.6) is 0 Å². The van der Waals surface area contributed by atoms with Gasteiger partial charge in [0.2, 0.25) is 11.8 Å². The Balaban J connectivity index is 0.000000240. The highest BCUT2D eigenvalue weighted by Gasteiger charge is 2.34. The minimum absolute atomic E-state index is 0. The largest absolute Gasteiger partial charge is 0.412 e. The Morgan fingerprint density at radius 1 is 0.564 bits per heavy atom. The zero-order valence-electron chi connectivity index (χ0n) is 33.0. The van der Waals surface area contributed by atoms with Crippen LogP contribution in [0.2, 0.25) is 0 Å². The third-order valence-electron chi connectivity index (χ3n) is 11.0. The number of likely N-dealkylation sites (tertiary alicyclic amines) is 2. The van der Waals surface area contributed by atoms with E-state index in [0.717, 1.165) is 78.3 Å². The van der Waals surface area contributed by atoms with Crippen LogP contribution in [-0.4, -0.2) is 203 Å². The van der Waals surface area contributed by atoms with Gasteiger partial charge in [-0.15, -0.1) is 0 Å². The summed E-state index contributed by atoms with van der Waals surface area (Å²) in [6.45, 7) is 10.6. The highest BCUT2D eigenvalue weighted by molar-refractivity contribution is 5.94. The van der Waals surface area contributed by atoms with E-state index in [1.165, 1.54) is 0 Å². The van der Waals surface area contributed by atoms with Gasteiger partial charge in [-0.05, 0) is 51.2 Å². The van der Waals surface area contributed by atoms with Crippen LogP contribution in [0.15, 0.2) is 60.7 Å². The number of likely N-dealkylation sites (N-methyl/N-ethyl adjacent to an activating group) is 2. The van der Waals surface area contributed by atoms with Gasteiger partial charge in [-0.1, -0.05) is 36.4 Å². The first-order valence-electron chi connectivity index (χ1n) is 19.3. The number of benzene rings is 2. The molecule has 0 spiro atoms. The van der Waals surface area contributed by atoms with Crippen LogP contribution in [0.3, 0.4) is 0 Å². The average Bonchev–Trinajstić information content (AvgIpc) is 3.20. The average molecular weight is 767 g/mol. The van der Waals surface area contributed by atoms with Crippen LogP contribution in [0, 0.1) is 0 Å². The lowest BCUT2D eigenvalue weighted by atomic mass is 10.0. The topological polar surface area (TPSA) is 162 Å². The Hall–Kier alpha value is -3.96. The smallest absolute Gasteiger partial charge is 0.251 e. The molecule has 4 saturated heterocycles. The molecule has 4 fully saturated rings. The number of hydrogen-bond donors (Lipinski definition) is 2. The third-order valence-corrected chi connectivity index (χ3v) is 11.0. The van der Waals surface area contributed by atoms with Crippen molar-refractivity contribution in [3.8, 4) is 0 Å². The van der Waals surface area contributed by atoms with E-state index >= 15 is 0 Å². The van der Waals surface area contributed by atoms with Crippen LogP contribution >= 0.6 is 0 Å². The van der Waals surface area contributed by atoms with Crippen molar-refractivity contribution in [3.05, 3.63) is 71.8 Å². The lowest BCUT2D eigenvalue weighted by Crippen LogP contribution is -2.57. The number of methoxy groups -OCH3 is 2. The Bertz CT molecular complexity index is 1380. The molecule has 4 N–H and O–H groups in total. The Kier molecular flexibility index (Phi) is 17.5. The summed E-state index contributed by atoms with van der Waals surface area (Å²) in [5, 5.41) is 6.17.